The molecule has 0 aliphatic heterocycles. The Morgan fingerprint density at radius 3 is 2.33 bits per heavy atom. The number of ether oxygens (including phenoxy) is 2. The Bertz CT molecular complexity index is 176. The largest absolute Gasteiger partial charge is 0.383 e. The predicted octanol–water partition coefficient (Wildman–Crippen LogP) is 1.82. The molecule has 0 heterocycles. The molecule has 0 aromatic carbocycles. The molecule has 0 amide bonds. The molecule has 1 atom stereocenters. The van der Waals surface area contributed by atoms with Gasteiger partial charge in [0.25, 0.3) is 0 Å². The van der Waals surface area contributed by atoms with Crippen LogP contribution in [0.1, 0.15) is 32.6 Å². The fourth-order valence-electron chi connectivity index (χ4n) is 2.61. The second kappa shape index (κ2) is 5.83. The van der Waals surface area contributed by atoms with Crippen molar-refractivity contribution in [2.24, 2.45) is 5.92 Å². The molecule has 1 saturated carbocycles. The molecule has 0 aromatic rings. The van der Waals surface area contributed by atoms with Crippen LogP contribution in [0.5, 0.6) is 0 Å². The van der Waals surface area contributed by atoms with Crippen LogP contribution in [0.4, 0.5) is 0 Å². The lowest BCUT2D eigenvalue weighted by molar-refractivity contribution is -0.0871. The van der Waals surface area contributed by atoms with Crippen LogP contribution < -0.4 is 5.32 Å². The second-order valence-electron chi connectivity index (χ2n) is 4.75. The van der Waals surface area contributed by atoms with Gasteiger partial charge in [-0.05, 0) is 38.6 Å². The first kappa shape index (κ1) is 12.9. The molecule has 1 rings (SSSR count). The maximum Gasteiger partial charge on any atom is 0.0853 e. The van der Waals surface area contributed by atoms with E-state index in [1.54, 1.807) is 7.11 Å². The molecule has 3 heteroatoms. The van der Waals surface area contributed by atoms with Crippen LogP contribution in [0.2, 0.25) is 0 Å². The molecule has 15 heavy (non-hydrogen) atoms. The van der Waals surface area contributed by atoms with Gasteiger partial charge in [-0.25, -0.2) is 0 Å². The molecule has 1 aliphatic carbocycles. The van der Waals surface area contributed by atoms with E-state index in [0.717, 1.165) is 25.4 Å². The van der Waals surface area contributed by atoms with Gasteiger partial charge in [-0.15, -0.1) is 0 Å². The highest BCUT2D eigenvalue weighted by atomic mass is 16.5. The molecule has 0 spiro atoms. The Morgan fingerprint density at radius 2 is 1.93 bits per heavy atom. The third-order valence-electron chi connectivity index (χ3n) is 3.84. The molecule has 1 N–H and O–H groups in total. The topological polar surface area (TPSA) is 30.5 Å². The van der Waals surface area contributed by atoms with E-state index in [0.29, 0.717) is 6.04 Å². The van der Waals surface area contributed by atoms with Crippen molar-refractivity contribution in [2.75, 3.05) is 27.9 Å². The fourth-order valence-corrected chi connectivity index (χ4v) is 2.61. The zero-order valence-corrected chi connectivity index (χ0v) is 10.5. The molecule has 1 unspecified atom stereocenters. The van der Waals surface area contributed by atoms with E-state index < -0.39 is 0 Å². The Morgan fingerprint density at radius 1 is 1.33 bits per heavy atom. The molecule has 90 valence electrons. The van der Waals surface area contributed by atoms with Crippen molar-refractivity contribution in [3.8, 4) is 0 Å². The normalized spacial score (nSPS) is 34.0. The quantitative estimate of drug-likeness (QED) is 0.759. The van der Waals surface area contributed by atoms with Crippen molar-refractivity contribution in [1.29, 1.82) is 0 Å². The minimum atomic E-state index is -0.0166. The maximum absolute atomic E-state index is 5.79. The molecule has 0 radical (unpaired) electrons. The highest BCUT2D eigenvalue weighted by Gasteiger charge is 2.40. The summed E-state index contributed by atoms with van der Waals surface area (Å²) in [5.41, 5.74) is -0.0166. The van der Waals surface area contributed by atoms with Crippen molar-refractivity contribution in [1.82, 2.24) is 5.32 Å². The van der Waals surface area contributed by atoms with E-state index in [-0.39, 0.29) is 5.60 Å². The van der Waals surface area contributed by atoms with Crippen molar-refractivity contribution in [3.63, 3.8) is 0 Å². The van der Waals surface area contributed by atoms with Crippen LogP contribution >= 0.6 is 0 Å². The molecule has 1 aliphatic rings. The summed E-state index contributed by atoms with van der Waals surface area (Å²) in [6, 6.07) is 0.306. The SMILES string of the molecule is CNC(COC)C1(OC)CCC(C)CC1. The summed E-state index contributed by atoms with van der Waals surface area (Å²) in [5.74, 6) is 0.841. The third kappa shape index (κ3) is 2.92. The van der Waals surface area contributed by atoms with Gasteiger partial charge in [0.05, 0.1) is 18.2 Å². The van der Waals surface area contributed by atoms with Crippen LogP contribution in [0.15, 0.2) is 0 Å². The summed E-state index contributed by atoms with van der Waals surface area (Å²) in [4.78, 5) is 0. The van der Waals surface area contributed by atoms with Gasteiger partial charge in [-0.1, -0.05) is 6.92 Å². The summed E-state index contributed by atoms with van der Waals surface area (Å²) in [6.07, 6.45) is 4.80. The summed E-state index contributed by atoms with van der Waals surface area (Å²) in [6.45, 7) is 3.04. The minimum absolute atomic E-state index is 0.0166. The third-order valence-corrected chi connectivity index (χ3v) is 3.84. The van der Waals surface area contributed by atoms with Crippen LogP contribution in [0, 0.1) is 5.92 Å². The maximum atomic E-state index is 5.79. The monoisotopic (exact) mass is 215 g/mol. The Labute approximate surface area is 93.5 Å². The molecular weight excluding hydrogens is 190 g/mol. The van der Waals surface area contributed by atoms with Crippen LogP contribution in [0.3, 0.4) is 0 Å². The zero-order valence-electron chi connectivity index (χ0n) is 10.5. The molecule has 0 aromatic heterocycles. The number of hydrogen-bond acceptors (Lipinski definition) is 3. The number of nitrogens with one attached hydrogen (secondary N) is 1. The minimum Gasteiger partial charge on any atom is -0.383 e. The summed E-state index contributed by atoms with van der Waals surface area (Å²) < 4.78 is 11.0. The first-order valence-electron chi connectivity index (χ1n) is 5.90. The van der Waals surface area contributed by atoms with Gasteiger partial charge in [0.15, 0.2) is 0 Å². The lowest BCUT2D eigenvalue weighted by atomic mass is 9.75. The molecule has 0 saturated heterocycles. The smallest absolute Gasteiger partial charge is 0.0853 e. The highest BCUT2D eigenvalue weighted by Crippen LogP contribution is 2.36. The van der Waals surface area contributed by atoms with Gasteiger partial charge >= 0.3 is 0 Å². The summed E-state index contributed by atoms with van der Waals surface area (Å²) >= 11 is 0. The van der Waals surface area contributed by atoms with E-state index in [2.05, 4.69) is 12.2 Å². The van der Waals surface area contributed by atoms with E-state index >= 15 is 0 Å². The van der Waals surface area contributed by atoms with Crippen molar-refractivity contribution in [2.45, 2.75) is 44.2 Å². The highest BCUT2D eigenvalue weighted by molar-refractivity contribution is 4.95. The summed E-state index contributed by atoms with van der Waals surface area (Å²) in [7, 11) is 5.57. The Hall–Kier alpha value is -0.120. The van der Waals surface area contributed by atoms with Gasteiger partial charge in [-0.3, -0.25) is 0 Å². The van der Waals surface area contributed by atoms with Gasteiger partial charge < -0.3 is 14.8 Å². The van der Waals surface area contributed by atoms with E-state index in [4.69, 9.17) is 9.47 Å². The van der Waals surface area contributed by atoms with Crippen molar-refractivity contribution >= 4 is 0 Å². The Balaban J connectivity index is 2.65. The van der Waals surface area contributed by atoms with Crippen LogP contribution in [-0.4, -0.2) is 39.5 Å². The van der Waals surface area contributed by atoms with Gasteiger partial charge in [0, 0.05) is 14.2 Å². The lowest BCUT2D eigenvalue weighted by Gasteiger charge is -2.43. The average Bonchev–Trinajstić information content (AvgIpc) is 2.28. The van der Waals surface area contributed by atoms with Gasteiger partial charge in [0.2, 0.25) is 0 Å². The van der Waals surface area contributed by atoms with E-state index in [1.807, 2.05) is 14.2 Å². The Kier molecular flexibility index (Phi) is 5.03. The first-order chi connectivity index (χ1) is 7.18. The van der Waals surface area contributed by atoms with Crippen LogP contribution in [0.25, 0.3) is 0 Å². The average molecular weight is 215 g/mol. The van der Waals surface area contributed by atoms with Crippen molar-refractivity contribution < 1.29 is 9.47 Å². The fraction of sp³-hybridized carbons (Fsp3) is 1.00. The first-order valence-corrected chi connectivity index (χ1v) is 5.90. The number of rotatable bonds is 5. The van der Waals surface area contributed by atoms with Gasteiger partial charge in [0.1, 0.15) is 0 Å². The van der Waals surface area contributed by atoms with Gasteiger partial charge in [-0.2, -0.15) is 0 Å². The van der Waals surface area contributed by atoms with E-state index in [9.17, 15) is 0 Å². The second-order valence-corrected chi connectivity index (χ2v) is 4.75. The van der Waals surface area contributed by atoms with E-state index in [1.165, 1.54) is 12.8 Å². The zero-order chi connectivity index (χ0) is 11.3. The summed E-state index contributed by atoms with van der Waals surface area (Å²) in [5, 5.41) is 3.33. The molecule has 1 fully saturated rings. The van der Waals surface area contributed by atoms with Crippen LogP contribution in [-0.2, 0) is 9.47 Å². The standard InChI is InChI=1S/C12H25NO2/c1-10-5-7-12(15-4,8-6-10)11(13-2)9-14-3/h10-11,13H,5-9H2,1-4H3. The molecular formula is C12H25NO2. The number of likely N-dealkylation sites (N-methyl/N-ethyl adjacent to an activating group) is 1. The number of methoxy groups -OCH3 is 2. The number of hydrogen-bond donors (Lipinski definition) is 1. The lowest BCUT2D eigenvalue weighted by Crippen LogP contribution is -2.55. The molecule has 3 nitrogen and oxygen atoms in total. The van der Waals surface area contributed by atoms with Crippen molar-refractivity contribution in [3.05, 3.63) is 0 Å². The predicted molar refractivity (Wildman–Crippen MR) is 62.1 cm³/mol. The molecule has 0 bridgehead atoms.